The largest absolute Gasteiger partial charge is 0.486 e. The maximum Gasteiger partial charge on any atom is 0.161 e. The van der Waals surface area contributed by atoms with E-state index in [9.17, 15) is 0 Å². The number of aromatic nitrogens is 2. The van der Waals surface area contributed by atoms with E-state index in [1.807, 2.05) is 12.1 Å². The maximum atomic E-state index is 5.77. The molecule has 5 nitrogen and oxygen atoms in total. The molecule has 5 rings (SSSR count). The molecule has 1 N–H and O–H groups in total. The van der Waals surface area contributed by atoms with Crippen LogP contribution in [0.1, 0.15) is 35.8 Å². The number of aryl methyl sites for hydroxylation is 1. The van der Waals surface area contributed by atoms with Gasteiger partial charge in [-0.1, -0.05) is 12.1 Å². The van der Waals surface area contributed by atoms with E-state index in [-0.39, 0.29) is 0 Å². The number of hydrogen-bond acceptors (Lipinski definition) is 4. The zero-order valence-electron chi connectivity index (χ0n) is 14.9. The number of nitrogens with one attached hydrogen (secondary N) is 1. The second-order valence-electron chi connectivity index (χ2n) is 7.17. The van der Waals surface area contributed by atoms with Crippen LogP contribution >= 0.6 is 0 Å². The van der Waals surface area contributed by atoms with Gasteiger partial charge in [0.05, 0.1) is 11.4 Å². The monoisotopic (exact) mass is 349 g/mol. The third-order valence-electron chi connectivity index (χ3n) is 5.34. The van der Waals surface area contributed by atoms with Crippen molar-refractivity contribution in [2.75, 3.05) is 13.2 Å². The van der Waals surface area contributed by atoms with E-state index in [4.69, 9.17) is 9.47 Å². The van der Waals surface area contributed by atoms with Gasteiger partial charge in [0, 0.05) is 18.8 Å². The summed E-state index contributed by atoms with van der Waals surface area (Å²) >= 11 is 0. The fourth-order valence-corrected chi connectivity index (χ4v) is 3.82. The van der Waals surface area contributed by atoms with Gasteiger partial charge < -0.3 is 19.2 Å². The van der Waals surface area contributed by atoms with Gasteiger partial charge in [-0.3, -0.25) is 0 Å². The van der Waals surface area contributed by atoms with Crippen molar-refractivity contribution >= 4 is 5.65 Å². The summed E-state index contributed by atoms with van der Waals surface area (Å²) in [4.78, 5) is 4.67. The predicted molar refractivity (Wildman–Crippen MR) is 99.7 cm³/mol. The van der Waals surface area contributed by atoms with Crippen molar-refractivity contribution in [2.24, 2.45) is 5.92 Å². The van der Waals surface area contributed by atoms with Crippen molar-refractivity contribution in [3.05, 3.63) is 59.5 Å². The zero-order valence-corrected chi connectivity index (χ0v) is 14.9. The first kappa shape index (κ1) is 15.7. The summed E-state index contributed by atoms with van der Waals surface area (Å²) in [5.74, 6) is 2.41. The van der Waals surface area contributed by atoms with Gasteiger partial charge in [0.25, 0.3) is 0 Å². The molecule has 1 aliphatic heterocycles. The van der Waals surface area contributed by atoms with Gasteiger partial charge in [0.15, 0.2) is 11.5 Å². The molecule has 1 atom stereocenters. The number of benzene rings is 1. The smallest absolute Gasteiger partial charge is 0.161 e. The van der Waals surface area contributed by atoms with Crippen LogP contribution in [-0.4, -0.2) is 22.6 Å². The normalized spacial score (nSPS) is 17.4. The molecule has 2 aromatic heterocycles. The van der Waals surface area contributed by atoms with E-state index in [1.165, 1.54) is 24.1 Å². The van der Waals surface area contributed by atoms with Gasteiger partial charge in [0.1, 0.15) is 18.9 Å². The number of imidazole rings is 1. The quantitative estimate of drug-likeness (QED) is 0.764. The molecule has 0 spiro atoms. The first-order valence-corrected chi connectivity index (χ1v) is 9.35. The maximum absolute atomic E-state index is 5.77. The van der Waals surface area contributed by atoms with Gasteiger partial charge >= 0.3 is 0 Å². The first-order chi connectivity index (χ1) is 12.8. The van der Waals surface area contributed by atoms with Crippen LogP contribution in [0.3, 0.4) is 0 Å². The molecule has 0 bridgehead atoms. The molecule has 134 valence electrons. The van der Waals surface area contributed by atoms with Crippen LogP contribution in [0.5, 0.6) is 11.5 Å². The second kappa shape index (κ2) is 6.32. The molecule has 0 unspecified atom stereocenters. The van der Waals surface area contributed by atoms with Gasteiger partial charge in [-0.15, -0.1) is 0 Å². The summed E-state index contributed by atoms with van der Waals surface area (Å²) < 4.78 is 13.6. The first-order valence-electron chi connectivity index (χ1n) is 9.35. The van der Waals surface area contributed by atoms with E-state index < -0.39 is 0 Å². The molecule has 0 saturated heterocycles. The van der Waals surface area contributed by atoms with Crippen LogP contribution in [-0.2, 0) is 6.54 Å². The lowest BCUT2D eigenvalue weighted by molar-refractivity contribution is 0.171. The summed E-state index contributed by atoms with van der Waals surface area (Å²) in [7, 11) is 0. The molecule has 3 aromatic rings. The Labute approximate surface area is 153 Å². The Balaban J connectivity index is 1.41. The van der Waals surface area contributed by atoms with Crippen molar-refractivity contribution in [3.63, 3.8) is 0 Å². The SMILES string of the molecule is Cc1nc2ccccn2c1CN[C@@H](c1ccc2c(c1)OCCO2)C1CC1. The molecule has 2 aliphatic rings. The zero-order chi connectivity index (χ0) is 17.5. The average molecular weight is 349 g/mol. The van der Waals surface area contributed by atoms with Gasteiger partial charge in [-0.25, -0.2) is 4.98 Å². The van der Waals surface area contributed by atoms with Crippen molar-refractivity contribution in [2.45, 2.75) is 32.4 Å². The highest BCUT2D eigenvalue weighted by atomic mass is 16.6. The van der Waals surface area contributed by atoms with Crippen LogP contribution in [0, 0.1) is 12.8 Å². The lowest BCUT2D eigenvalue weighted by Gasteiger charge is -2.23. The number of pyridine rings is 1. The Morgan fingerprint density at radius 3 is 2.85 bits per heavy atom. The van der Waals surface area contributed by atoms with E-state index >= 15 is 0 Å². The highest BCUT2D eigenvalue weighted by Crippen LogP contribution is 2.43. The number of ether oxygens (including phenoxy) is 2. The second-order valence-corrected chi connectivity index (χ2v) is 7.17. The predicted octanol–water partition coefficient (Wildman–Crippen LogP) is 3.65. The average Bonchev–Trinajstić information content (AvgIpc) is 3.45. The standard InChI is InChI=1S/C21H23N3O2/c1-14-17(24-9-3-2-4-20(24)23-14)13-22-21(15-5-6-15)16-7-8-18-19(12-16)26-11-10-25-18/h2-4,7-9,12,15,21-22H,5-6,10-11,13H2,1H3/t21-/m1/s1. The van der Waals surface area contributed by atoms with Crippen LogP contribution in [0.15, 0.2) is 42.6 Å². The Morgan fingerprint density at radius 1 is 1.15 bits per heavy atom. The van der Waals surface area contributed by atoms with Gasteiger partial charge in [-0.2, -0.15) is 0 Å². The Morgan fingerprint density at radius 2 is 2.00 bits per heavy atom. The Bertz CT molecular complexity index is 946. The highest BCUT2D eigenvalue weighted by Gasteiger charge is 2.33. The van der Waals surface area contributed by atoms with E-state index in [0.717, 1.165) is 29.4 Å². The minimum absolute atomic E-state index is 0.333. The minimum Gasteiger partial charge on any atom is -0.486 e. The molecule has 1 fully saturated rings. The fraction of sp³-hybridized carbons (Fsp3) is 0.381. The molecule has 26 heavy (non-hydrogen) atoms. The minimum atomic E-state index is 0.333. The molecular weight excluding hydrogens is 326 g/mol. The van der Waals surface area contributed by atoms with E-state index in [0.29, 0.717) is 25.2 Å². The molecule has 1 aliphatic carbocycles. The van der Waals surface area contributed by atoms with Crippen molar-refractivity contribution in [1.82, 2.24) is 14.7 Å². The third kappa shape index (κ3) is 2.82. The summed E-state index contributed by atoms with van der Waals surface area (Å²) in [6, 6.07) is 12.8. The summed E-state index contributed by atoms with van der Waals surface area (Å²) in [6.45, 7) is 4.13. The van der Waals surface area contributed by atoms with Gasteiger partial charge in [-0.05, 0) is 55.5 Å². The van der Waals surface area contributed by atoms with Crippen LogP contribution in [0.4, 0.5) is 0 Å². The fourth-order valence-electron chi connectivity index (χ4n) is 3.82. The van der Waals surface area contributed by atoms with E-state index in [1.54, 1.807) is 0 Å². The number of fused-ring (bicyclic) bond motifs is 2. The van der Waals surface area contributed by atoms with Crippen molar-refractivity contribution < 1.29 is 9.47 Å². The molecule has 0 radical (unpaired) electrons. The summed E-state index contributed by atoms with van der Waals surface area (Å²) in [5.41, 5.74) is 4.59. The number of nitrogens with zero attached hydrogens (tertiary/aromatic N) is 2. The van der Waals surface area contributed by atoms with Gasteiger partial charge in [0.2, 0.25) is 0 Å². The highest BCUT2D eigenvalue weighted by molar-refractivity contribution is 5.45. The number of rotatable bonds is 5. The lowest BCUT2D eigenvalue weighted by atomic mass is 10.0. The lowest BCUT2D eigenvalue weighted by Crippen LogP contribution is -2.24. The summed E-state index contributed by atoms with van der Waals surface area (Å²) in [5, 5.41) is 3.78. The molecular formula is C21H23N3O2. The molecule has 1 aromatic carbocycles. The van der Waals surface area contributed by atoms with Crippen molar-refractivity contribution in [1.29, 1.82) is 0 Å². The third-order valence-corrected chi connectivity index (χ3v) is 5.34. The topological polar surface area (TPSA) is 47.8 Å². The van der Waals surface area contributed by atoms with E-state index in [2.05, 4.69) is 52.1 Å². The molecule has 3 heterocycles. The van der Waals surface area contributed by atoms with Crippen LogP contribution < -0.4 is 14.8 Å². The number of hydrogen-bond donors (Lipinski definition) is 1. The Kier molecular flexibility index (Phi) is 3.82. The molecule has 1 saturated carbocycles. The molecule has 0 amide bonds. The summed E-state index contributed by atoms with van der Waals surface area (Å²) in [6.07, 6.45) is 4.64. The van der Waals surface area contributed by atoms with Crippen molar-refractivity contribution in [3.8, 4) is 11.5 Å². The Hall–Kier alpha value is -2.53. The van der Waals surface area contributed by atoms with Crippen LogP contribution in [0.2, 0.25) is 0 Å². The van der Waals surface area contributed by atoms with Crippen LogP contribution in [0.25, 0.3) is 5.65 Å². The molecule has 5 heteroatoms.